The molecule has 1 aromatic carbocycles. The van der Waals surface area contributed by atoms with Crippen LogP contribution in [0.5, 0.6) is 0 Å². The van der Waals surface area contributed by atoms with E-state index in [4.69, 9.17) is 16.3 Å². The van der Waals surface area contributed by atoms with Crippen molar-refractivity contribution >= 4 is 23.5 Å². The molecule has 0 aromatic heterocycles. The summed E-state index contributed by atoms with van der Waals surface area (Å²) < 4.78 is 5.06. The third kappa shape index (κ3) is 7.88. The zero-order chi connectivity index (χ0) is 16.4. The number of carbonyl (C=O) groups excluding carboxylic acids is 1. The molecular formula is C16H24ClN3O2. The number of hydrogen-bond donors (Lipinski definition) is 2. The molecule has 0 spiro atoms. The van der Waals surface area contributed by atoms with Gasteiger partial charge >= 0.3 is 5.97 Å². The van der Waals surface area contributed by atoms with Gasteiger partial charge in [-0.15, -0.1) is 0 Å². The Labute approximate surface area is 137 Å². The highest BCUT2D eigenvalue weighted by Crippen LogP contribution is 2.09. The molecule has 0 bridgehead atoms. The van der Waals surface area contributed by atoms with Crippen molar-refractivity contribution < 1.29 is 9.53 Å². The van der Waals surface area contributed by atoms with Crippen LogP contribution in [0.2, 0.25) is 5.02 Å². The van der Waals surface area contributed by atoms with Crippen molar-refractivity contribution in [1.82, 2.24) is 10.6 Å². The average Bonchev–Trinajstić information content (AvgIpc) is 2.47. The molecule has 0 radical (unpaired) electrons. The van der Waals surface area contributed by atoms with E-state index >= 15 is 0 Å². The van der Waals surface area contributed by atoms with Gasteiger partial charge in [-0.25, -0.2) is 0 Å². The number of ether oxygens (including phenoxy) is 1. The predicted molar refractivity (Wildman–Crippen MR) is 90.4 cm³/mol. The molecule has 1 rings (SSSR count). The second-order valence-corrected chi connectivity index (χ2v) is 5.53. The number of aliphatic imine (C=N–C) groups is 1. The molecule has 0 heterocycles. The lowest BCUT2D eigenvalue weighted by Gasteiger charge is -2.12. The molecule has 6 heteroatoms. The van der Waals surface area contributed by atoms with E-state index in [1.54, 1.807) is 7.05 Å². The van der Waals surface area contributed by atoms with Crippen LogP contribution in [0.4, 0.5) is 0 Å². The van der Waals surface area contributed by atoms with Crippen LogP contribution in [0, 0.1) is 0 Å². The summed E-state index contributed by atoms with van der Waals surface area (Å²) in [5, 5.41) is 7.03. The molecule has 22 heavy (non-hydrogen) atoms. The monoisotopic (exact) mass is 325 g/mol. The number of esters is 1. The number of nitrogens with one attached hydrogen (secondary N) is 2. The minimum atomic E-state index is -0.209. The summed E-state index contributed by atoms with van der Waals surface area (Å²) >= 11 is 5.85. The van der Waals surface area contributed by atoms with Crippen molar-refractivity contribution in [2.75, 3.05) is 20.1 Å². The van der Waals surface area contributed by atoms with E-state index in [1.165, 1.54) is 5.56 Å². The van der Waals surface area contributed by atoms with Crippen molar-refractivity contribution in [1.29, 1.82) is 0 Å². The van der Waals surface area contributed by atoms with E-state index in [9.17, 15) is 4.79 Å². The molecular weight excluding hydrogens is 302 g/mol. The third-order valence-corrected chi connectivity index (χ3v) is 3.08. The van der Waals surface area contributed by atoms with Crippen LogP contribution in [-0.4, -0.2) is 38.2 Å². The van der Waals surface area contributed by atoms with Gasteiger partial charge in [0, 0.05) is 25.2 Å². The Hall–Kier alpha value is -1.75. The van der Waals surface area contributed by atoms with Gasteiger partial charge in [-0.3, -0.25) is 9.79 Å². The van der Waals surface area contributed by atoms with Crippen molar-refractivity contribution in [3.8, 4) is 0 Å². The fraction of sp³-hybridized carbons (Fsp3) is 0.500. The number of guanidine groups is 1. The van der Waals surface area contributed by atoms with E-state index in [0.717, 1.165) is 18.0 Å². The summed E-state index contributed by atoms with van der Waals surface area (Å²) in [6.07, 6.45) is 1.10. The number of halogens is 1. The third-order valence-electron chi connectivity index (χ3n) is 2.83. The highest BCUT2D eigenvalue weighted by molar-refractivity contribution is 6.30. The van der Waals surface area contributed by atoms with Crippen LogP contribution in [0.15, 0.2) is 29.3 Å². The Morgan fingerprint density at radius 2 is 1.86 bits per heavy atom. The van der Waals surface area contributed by atoms with Gasteiger partial charge in [-0.05, 0) is 38.0 Å². The zero-order valence-corrected chi connectivity index (χ0v) is 14.1. The fourth-order valence-electron chi connectivity index (χ4n) is 1.80. The Bertz CT molecular complexity index is 487. The second kappa shape index (κ2) is 10.1. The van der Waals surface area contributed by atoms with Crippen molar-refractivity contribution in [2.24, 2.45) is 4.99 Å². The summed E-state index contributed by atoms with van der Waals surface area (Å²) in [5.74, 6) is 0.463. The van der Waals surface area contributed by atoms with Crippen molar-refractivity contribution in [3.05, 3.63) is 34.9 Å². The van der Waals surface area contributed by atoms with Crippen LogP contribution in [-0.2, 0) is 16.0 Å². The number of rotatable bonds is 7. The van der Waals surface area contributed by atoms with Crippen LogP contribution in [0.3, 0.4) is 0 Å². The van der Waals surface area contributed by atoms with Gasteiger partial charge in [0.2, 0.25) is 0 Å². The molecule has 2 N–H and O–H groups in total. The van der Waals surface area contributed by atoms with Crippen LogP contribution in [0.25, 0.3) is 0 Å². The molecule has 0 saturated carbocycles. The summed E-state index contributed by atoms with van der Waals surface area (Å²) in [7, 11) is 1.70. The molecule has 0 fully saturated rings. The normalized spacial score (nSPS) is 11.4. The first-order chi connectivity index (χ1) is 10.5. The minimum Gasteiger partial charge on any atom is -0.463 e. The maximum Gasteiger partial charge on any atom is 0.307 e. The minimum absolute atomic E-state index is 0.0793. The van der Waals surface area contributed by atoms with E-state index < -0.39 is 0 Å². The Kier molecular flexibility index (Phi) is 8.36. The van der Waals surface area contributed by atoms with Gasteiger partial charge in [0.1, 0.15) is 0 Å². The van der Waals surface area contributed by atoms with Gasteiger partial charge in [-0.2, -0.15) is 0 Å². The standard InChI is InChI=1S/C16H24ClN3O2/c1-12(2)22-15(21)9-11-20-16(18-3)19-10-8-13-4-6-14(17)7-5-13/h4-7,12H,8-11H2,1-3H3,(H2,18,19,20). The molecule has 1 aromatic rings. The predicted octanol–water partition coefficient (Wildman–Crippen LogP) is 2.39. The quantitative estimate of drug-likeness (QED) is 0.459. The Balaban J connectivity index is 2.22. The molecule has 0 atom stereocenters. The van der Waals surface area contributed by atoms with Gasteiger partial charge in [-0.1, -0.05) is 23.7 Å². The summed E-state index contributed by atoms with van der Waals surface area (Å²) in [6.45, 7) is 4.91. The fourth-order valence-corrected chi connectivity index (χ4v) is 1.93. The molecule has 122 valence electrons. The number of benzene rings is 1. The van der Waals surface area contributed by atoms with Gasteiger partial charge in [0.25, 0.3) is 0 Å². The molecule has 0 saturated heterocycles. The van der Waals surface area contributed by atoms with Gasteiger partial charge < -0.3 is 15.4 Å². The maximum absolute atomic E-state index is 11.4. The molecule has 0 aliphatic heterocycles. The van der Waals surface area contributed by atoms with Gasteiger partial charge in [0.15, 0.2) is 5.96 Å². The highest BCUT2D eigenvalue weighted by atomic mass is 35.5. The molecule has 0 amide bonds. The van der Waals surface area contributed by atoms with E-state index in [0.29, 0.717) is 18.9 Å². The first-order valence-corrected chi connectivity index (χ1v) is 7.77. The number of nitrogens with zero attached hydrogens (tertiary/aromatic N) is 1. The Morgan fingerprint density at radius 1 is 1.23 bits per heavy atom. The zero-order valence-electron chi connectivity index (χ0n) is 13.4. The van der Waals surface area contributed by atoms with E-state index in [1.807, 2.05) is 38.1 Å². The largest absolute Gasteiger partial charge is 0.463 e. The van der Waals surface area contributed by atoms with Crippen molar-refractivity contribution in [2.45, 2.75) is 32.8 Å². The van der Waals surface area contributed by atoms with E-state index in [-0.39, 0.29) is 12.1 Å². The summed E-state index contributed by atoms with van der Waals surface area (Å²) in [5.41, 5.74) is 1.20. The second-order valence-electron chi connectivity index (χ2n) is 5.09. The number of hydrogen-bond acceptors (Lipinski definition) is 3. The van der Waals surface area contributed by atoms with Crippen LogP contribution in [0.1, 0.15) is 25.8 Å². The first kappa shape index (κ1) is 18.3. The Morgan fingerprint density at radius 3 is 2.45 bits per heavy atom. The summed E-state index contributed by atoms with van der Waals surface area (Å²) in [6, 6.07) is 7.76. The SMILES string of the molecule is CN=C(NCCC(=O)OC(C)C)NCCc1ccc(Cl)cc1. The smallest absolute Gasteiger partial charge is 0.307 e. The topological polar surface area (TPSA) is 62.7 Å². The summed E-state index contributed by atoms with van der Waals surface area (Å²) in [4.78, 5) is 15.5. The molecule has 0 aliphatic rings. The molecule has 5 nitrogen and oxygen atoms in total. The molecule has 0 aliphatic carbocycles. The lowest BCUT2D eigenvalue weighted by atomic mass is 10.1. The van der Waals surface area contributed by atoms with Crippen molar-refractivity contribution in [3.63, 3.8) is 0 Å². The first-order valence-electron chi connectivity index (χ1n) is 7.39. The lowest BCUT2D eigenvalue weighted by Crippen LogP contribution is -2.39. The van der Waals surface area contributed by atoms with Gasteiger partial charge in [0.05, 0.1) is 12.5 Å². The molecule has 0 unspecified atom stereocenters. The van der Waals surface area contributed by atoms with E-state index in [2.05, 4.69) is 15.6 Å². The maximum atomic E-state index is 11.4. The van der Waals surface area contributed by atoms with Crippen LogP contribution >= 0.6 is 11.6 Å². The lowest BCUT2D eigenvalue weighted by molar-refractivity contribution is -0.147. The van der Waals surface area contributed by atoms with Crippen LogP contribution < -0.4 is 10.6 Å². The highest BCUT2D eigenvalue weighted by Gasteiger charge is 2.05. The average molecular weight is 326 g/mol. The number of carbonyl (C=O) groups is 1.